The molecule has 7 unspecified atom stereocenters. The molecule has 2 aliphatic heterocycles. The van der Waals surface area contributed by atoms with E-state index in [1.54, 1.807) is 20.1 Å². The lowest BCUT2D eigenvalue weighted by Gasteiger charge is -2.45. The first-order valence-electron chi connectivity index (χ1n) is 15.5. The number of H-pyrrole nitrogens is 1. The molecule has 0 aromatic carbocycles. The maximum absolute atomic E-state index is 13.2. The van der Waals surface area contributed by atoms with E-state index in [0.29, 0.717) is 5.75 Å². The minimum atomic E-state index is -5.72. The summed E-state index contributed by atoms with van der Waals surface area (Å²) in [4.78, 5) is 95.7. The number of amides is 1. The fourth-order valence-corrected chi connectivity index (χ4v) is 8.61. The van der Waals surface area contributed by atoms with Crippen molar-refractivity contribution in [3.8, 4) is 0 Å². The third-order valence-electron chi connectivity index (χ3n) is 7.71. The molecule has 3 heterocycles. The van der Waals surface area contributed by atoms with Crippen molar-refractivity contribution < 1.29 is 75.1 Å². The molecule has 2 aliphatic rings. The van der Waals surface area contributed by atoms with Crippen molar-refractivity contribution >= 4 is 61.0 Å². The Kier molecular flexibility index (Phi) is 16.1. The molecule has 4 N–H and O–H groups in total. The van der Waals surface area contributed by atoms with Gasteiger partial charge in [-0.05, 0) is 12.2 Å². The van der Waals surface area contributed by atoms with Gasteiger partial charge in [0.15, 0.2) is 18.5 Å². The van der Waals surface area contributed by atoms with Crippen LogP contribution >= 0.6 is 37.2 Å². The number of ether oxygens (including phenoxy) is 5. The van der Waals surface area contributed by atoms with Crippen molar-refractivity contribution in [2.75, 3.05) is 25.2 Å². The average Bonchev–Trinajstić information content (AvgIpc) is 3.29. The molecule has 294 valence electrons. The zero-order chi connectivity index (χ0) is 39.0. The first-order chi connectivity index (χ1) is 24.2. The summed E-state index contributed by atoms with van der Waals surface area (Å²) in [6, 6.07) is -0.597. The van der Waals surface area contributed by atoms with E-state index in [-0.39, 0.29) is 12.3 Å². The van der Waals surface area contributed by atoms with Gasteiger partial charge < -0.3 is 38.8 Å². The molecule has 0 saturated carbocycles. The molecule has 0 spiro atoms. The van der Waals surface area contributed by atoms with E-state index in [1.165, 1.54) is 27.8 Å². The normalized spacial score (nSPS) is 29.7. The lowest BCUT2D eigenvalue weighted by atomic mass is 9.93. The van der Waals surface area contributed by atoms with Crippen LogP contribution in [0.5, 0.6) is 0 Å². The summed E-state index contributed by atoms with van der Waals surface area (Å²) in [5.74, 6) is -3.83. The van der Waals surface area contributed by atoms with Crippen LogP contribution in [0.2, 0.25) is 0 Å². The molecule has 0 aliphatic carbocycles. The Balaban J connectivity index is 1.83. The summed E-state index contributed by atoms with van der Waals surface area (Å²) in [5.41, 5.74) is -1.38. The summed E-state index contributed by atoms with van der Waals surface area (Å²) in [6.07, 6.45) is -5.87. The quantitative estimate of drug-likeness (QED) is 0.0560. The second kappa shape index (κ2) is 19.2. The number of aromatic nitrogens is 2. The van der Waals surface area contributed by atoms with E-state index in [4.69, 9.17) is 32.7 Å². The number of carbonyl (C=O) groups is 4. The van der Waals surface area contributed by atoms with Crippen LogP contribution in [0.3, 0.4) is 0 Å². The number of hydrogen-bond acceptors (Lipinski definition) is 18. The SMILES string of the molecule is CSSCCC(=O)NC1C(OP(=O)(O)OP(=O)(O)OC[C@H]2O[C@@H](n3ccc(=O)[nH]c3=O)[C@@H](C)[C@H]2C)OC(COC(C)=O)C(OC(C)=O)C1OC(C)=O. The van der Waals surface area contributed by atoms with Gasteiger partial charge in [0.2, 0.25) is 5.91 Å². The third-order valence-corrected chi connectivity index (χ3v) is 12.1. The Morgan fingerprint density at radius 3 is 2.19 bits per heavy atom. The Morgan fingerprint density at radius 1 is 0.942 bits per heavy atom. The van der Waals surface area contributed by atoms with Crippen molar-refractivity contribution in [1.82, 2.24) is 14.9 Å². The molecule has 3 rings (SSSR count). The first kappa shape index (κ1) is 43.8. The maximum atomic E-state index is 13.2. The van der Waals surface area contributed by atoms with Crippen molar-refractivity contribution in [1.29, 1.82) is 0 Å². The fraction of sp³-hybridized carbons (Fsp3) is 0.704. The smallest absolute Gasteiger partial charge is 0.463 e. The molecule has 0 radical (unpaired) electrons. The number of carbonyl (C=O) groups excluding carboxylic acids is 4. The van der Waals surface area contributed by atoms with Crippen LogP contribution in [0.1, 0.15) is 47.3 Å². The van der Waals surface area contributed by atoms with E-state index in [0.717, 1.165) is 31.4 Å². The molecule has 11 atom stereocenters. The average molecular weight is 822 g/mol. The van der Waals surface area contributed by atoms with Gasteiger partial charge >= 0.3 is 39.2 Å². The van der Waals surface area contributed by atoms with Crippen LogP contribution < -0.4 is 16.6 Å². The molecule has 1 aromatic rings. The molecule has 52 heavy (non-hydrogen) atoms. The molecule has 25 heteroatoms. The summed E-state index contributed by atoms with van der Waals surface area (Å²) in [7, 11) is -8.48. The highest BCUT2D eigenvalue weighted by atomic mass is 33.1. The predicted octanol–water partition coefficient (Wildman–Crippen LogP) is 0.994. The number of esters is 3. The number of rotatable bonds is 17. The zero-order valence-electron chi connectivity index (χ0n) is 28.8. The molecule has 21 nitrogen and oxygen atoms in total. The standard InChI is InChI=1S/C27H41N3O18P2S2/c1-13-14(2)25(30-9-7-20(34)29-27(30)36)45-18(13)12-42-49(37,38)48-50(39,40)47-26-22(28-21(35)8-10-52-51-6)24(44-17(5)33)23(43-16(4)32)19(46-26)11-41-15(3)31/h7,9,13-14,18-19,22-26H,8,10-12H2,1-6H3,(H,28,35)(H,37,38)(H,39,40)(H,29,34,36)/t13-,14+,18-,19?,22?,23?,24?,25-,26?/m1/s1. The molecule has 1 amide bonds. The van der Waals surface area contributed by atoms with Crippen LogP contribution in [0.25, 0.3) is 0 Å². The molecule has 2 saturated heterocycles. The lowest BCUT2D eigenvalue weighted by Crippen LogP contribution is -2.66. The lowest BCUT2D eigenvalue weighted by molar-refractivity contribution is -0.259. The highest BCUT2D eigenvalue weighted by Gasteiger charge is 2.54. The van der Waals surface area contributed by atoms with Gasteiger partial charge in [-0.15, -0.1) is 0 Å². The largest absolute Gasteiger partial charge is 0.483 e. The van der Waals surface area contributed by atoms with Gasteiger partial charge in [0.25, 0.3) is 5.56 Å². The Morgan fingerprint density at radius 2 is 1.60 bits per heavy atom. The highest BCUT2D eigenvalue weighted by molar-refractivity contribution is 8.76. The topological polar surface area (TPSA) is 284 Å². The van der Waals surface area contributed by atoms with Gasteiger partial charge in [0.05, 0.1) is 12.7 Å². The second-order valence-electron chi connectivity index (χ2n) is 11.5. The Labute approximate surface area is 304 Å². The number of nitrogens with one attached hydrogen (secondary N) is 2. The Bertz CT molecular complexity index is 1660. The van der Waals surface area contributed by atoms with E-state index in [2.05, 4.69) is 14.6 Å². The minimum absolute atomic E-state index is 0.110. The van der Waals surface area contributed by atoms with Crippen LogP contribution in [0.15, 0.2) is 21.9 Å². The van der Waals surface area contributed by atoms with Crippen LogP contribution in [-0.2, 0) is 65.4 Å². The van der Waals surface area contributed by atoms with Gasteiger partial charge in [-0.25, -0.2) is 13.9 Å². The van der Waals surface area contributed by atoms with Crippen molar-refractivity contribution in [2.24, 2.45) is 11.8 Å². The maximum Gasteiger partial charge on any atom is 0.483 e. The number of nitrogens with zero attached hydrogens (tertiary/aromatic N) is 1. The van der Waals surface area contributed by atoms with Gasteiger partial charge in [-0.1, -0.05) is 35.4 Å². The monoisotopic (exact) mass is 821 g/mol. The molecule has 2 fully saturated rings. The van der Waals surface area contributed by atoms with Crippen molar-refractivity contribution in [3.63, 3.8) is 0 Å². The number of aromatic amines is 1. The fourth-order valence-electron chi connectivity index (χ4n) is 5.26. The summed E-state index contributed by atoms with van der Waals surface area (Å²) in [6.45, 7) is 5.13. The van der Waals surface area contributed by atoms with E-state index >= 15 is 0 Å². The van der Waals surface area contributed by atoms with Gasteiger partial charge in [-0.3, -0.25) is 42.6 Å². The summed E-state index contributed by atoms with van der Waals surface area (Å²) < 4.78 is 69.1. The van der Waals surface area contributed by atoms with E-state index < -0.39 is 113 Å². The molecule has 0 bridgehead atoms. The molecular formula is C27H41N3O18P2S2. The number of phosphoric ester groups is 2. The van der Waals surface area contributed by atoms with Crippen molar-refractivity contribution in [3.05, 3.63) is 33.1 Å². The van der Waals surface area contributed by atoms with Gasteiger partial charge in [-0.2, -0.15) is 4.31 Å². The van der Waals surface area contributed by atoms with Gasteiger partial charge in [0.1, 0.15) is 25.0 Å². The molecule has 1 aromatic heterocycles. The predicted molar refractivity (Wildman–Crippen MR) is 180 cm³/mol. The van der Waals surface area contributed by atoms with E-state index in [1.807, 2.05) is 0 Å². The second-order valence-corrected chi connectivity index (χ2v) is 17.2. The Hall–Kier alpha value is -2.56. The van der Waals surface area contributed by atoms with Gasteiger partial charge in [0, 0.05) is 51.1 Å². The number of hydrogen-bond donors (Lipinski definition) is 4. The van der Waals surface area contributed by atoms with E-state index in [9.17, 15) is 47.7 Å². The van der Waals surface area contributed by atoms with Crippen LogP contribution in [0.4, 0.5) is 0 Å². The third kappa shape index (κ3) is 12.8. The van der Waals surface area contributed by atoms with Crippen LogP contribution in [0, 0.1) is 11.8 Å². The first-order valence-corrected chi connectivity index (χ1v) is 21.2. The highest BCUT2D eigenvalue weighted by Crippen LogP contribution is 2.61. The number of phosphoric acid groups is 2. The molecular weight excluding hydrogens is 780 g/mol. The van der Waals surface area contributed by atoms with Crippen LogP contribution in [-0.4, -0.2) is 105 Å². The van der Waals surface area contributed by atoms with Crippen molar-refractivity contribution in [2.45, 2.75) is 84.0 Å². The minimum Gasteiger partial charge on any atom is -0.463 e. The summed E-state index contributed by atoms with van der Waals surface area (Å²) >= 11 is 0. The summed E-state index contributed by atoms with van der Waals surface area (Å²) in [5, 5.41) is 2.45. The zero-order valence-corrected chi connectivity index (χ0v) is 32.2.